The van der Waals surface area contributed by atoms with Crippen molar-refractivity contribution >= 4 is 29.1 Å². The number of nitrogen functional groups attached to an aromatic ring is 1. The zero-order valence-corrected chi connectivity index (χ0v) is 12.0. The Bertz CT molecular complexity index is 475. The summed E-state index contributed by atoms with van der Waals surface area (Å²) in [5.74, 6) is 0. The number of ether oxygens (including phenoxy) is 1. The lowest BCUT2D eigenvalue weighted by atomic mass is 10.0. The summed E-state index contributed by atoms with van der Waals surface area (Å²) in [4.78, 5) is 0.624. The van der Waals surface area contributed by atoms with Crippen molar-refractivity contribution in [1.82, 2.24) is 0 Å². The monoisotopic (exact) mass is 321 g/mol. The van der Waals surface area contributed by atoms with Crippen LogP contribution < -0.4 is 5.73 Å². The second-order valence-electron chi connectivity index (χ2n) is 4.50. The summed E-state index contributed by atoms with van der Waals surface area (Å²) < 4.78 is 5.38. The topological polar surface area (TPSA) is 116 Å². The van der Waals surface area contributed by atoms with Gasteiger partial charge in [0.15, 0.2) is 0 Å². The van der Waals surface area contributed by atoms with Gasteiger partial charge < -0.3 is 30.9 Å². The predicted molar refractivity (Wildman–Crippen MR) is 75.5 cm³/mol. The summed E-state index contributed by atoms with van der Waals surface area (Å²) in [5, 5.41) is 38.9. The largest absolute Gasteiger partial charge is 0.398 e. The standard InChI is InChI=1S/C12H16ClNO5S/c13-5-1-2-8(6(14)3-5)20-12-11(18)10(17)9(16)7(4-15)19-12/h1-3,7,9-12,15-18H,4,14H2. The quantitative estimate of drug-likeness (QED) is 0.490. The number of halogens is 1. The van der Waals surface area contributed by atoms with Gasteiger partial charge in [0.25, 0.3) is 0 Å². The Morgan fingerprint density at radius 1 is 1.20 bits per heavy atom. The van der Waals surface area contributed by atoms with Crippen LogP contribution >= 0.6 is 23.4 Å². The Labute approximate surface area is 125 Å². The van der Waals surface area contributed by atoms with Crippen molar-refractivity contribution in [2.75, 3.05) is 12.3 Å². The molecule has 5 unspecified atom stereocenters. The molecule has 0 aromatic heterocycles. The lowest BCUT2D eigenvalue weighted by molar-refractivity contribution is -0.205. The molecule has 1 aromatic carbocycles. The molecule has 1 aliphatic rings. The lowest BCUT2D eigenvalue weighted by Crippen LogP contribution is -2.57. The van der Waals surface area contributed by atoms with Crippen LogP contribution in [0, 0.1) is 0 Å². The molecular weight excluding hydrogens is 306 g/mol. The Hall–Kier alpha value is -0.540. The van der Waals surface area contributed by atoms with Gasteiger partial charge in [0, 0.05) is 15.6 Å². The van der Waals surface area contributed by atoms with Crippen LogP contribution in [0.2, 0.25) is 5.02 Å². The molecule has 0 saturated carbocycles. The van der Waals surface area contributed by atoms with Crippen LogP contribution in [0.4, 0.5) is 5.69 Å². The van der Waals surface area contributed by atoms with Crippen molar-refractivity contribution in [2.24, 2.45) is 0 Å². The molecule has 8 heteroatoms. The molecule has 0 spiro atoms. The summed E-state index contributed by atoms with van der Waals surface area (Å²) in [6.45, 7) is -0.460. The van der Waals surface area contributed by atoms with Gasteiger partial charge in [-0.05, 0) is 18.2 Å². The summed E-state index contributed by atoms with van der Waals surface area (Å²) in [6, 6.07) is 4.88. The summed E-state index contributed by atoms with van der Waals surface area (Å²) in [6.07, 6.45) is -4.99. The predicted octanol–water partition coefficient (Wildman–Crippen LogP) is -0.186. The first-order valence-corrected chi connectivity index (χ1v) is 7.22. The molecule has 1 aliphatic heterocycles. The minimum absolute atomic E-state index is 0.416. The Morgan fingerprint density at radius 3 is 2.50 bits per heavy atom. The first-order chi connectivity index (χ1) is 9.43. The number of benzene rings is 1. The molecular formula is C12H16ClNO5S. The number of anilines is 1. The van der Waals surface area contributed by atoms with Crippen LogP contribution in [0.15, 0.2) is 23.1 Å². The minimum atomic E-state index is -1.40. The molecule has 0 bridgehead atoms. The molecule has 1 fully saturated rings. The van der Waals surface area contributed by atoms with E-state index in [1.807, 2.05) is 0 Å². The van der Waals surface area contributed by atoms with Crippen LogP contribution in [0.5, 0.6) is 0 Å². The molecule has 20 heavy (non-hydrogen) atoms. The minimum Gasteiger partial charge on any atom is -0.398 e. The lowest BCUT2D eigenvalue weighted by Gasteiger charge is -2.39. The molecule has 112 valence electrons. The molecule has 1 heterocycles. The number of hydrogen-bond acceptors (Lipinski definition) is 7. The first-order valence-electron chi connectivity index (χ1n) is 5.96. The summed E-state index contributed by atoms with van der Waals surface area (Å²) >= 11 is 6.90. The maximum Gasteiger partial charge on any atom is 0.136 e. The zero-order valence-electron chi connectivity index (χ0n) is 10.4. The highest BCUT2D eigenvalue weighted by Crippen LogP contribution is 2.36. The second-order valence-corrected chi connectivity index (χ2v) is 6.07. The molecule has 0 aliphatic carbocycles. The van der Waals surface area contributed by atoms with Crippen molar-refractivity contribution in [3.63, 3.8) is 0 Å². The smallest absolute Gasteiger partial charge is 0.136 e. The van der Waals surface area contributed by atoms with Gasteiger partial charge in [0.05, 0.1) is 6.61 Å². The van der Waals surface area contributed by atoms with Gasteiger partial charge in [0.2, 0.25) is 0 Å². The van der Waals surface area contributed by atoms with Crippen molar-refractivity contribution in [2.45, 2.75) is 34.7 Å². The van der Waals surface area contributed by atoms with Crippen molar-refractivity contribution < 1.29 is 25.2 Å². The Morgan fingerprint density at radius 2 is 1.90 bits per heavy atom. The van der Waals surface area contributed by atoms with Crippen LogP contribution in [-0.4, -0.2) is 56.9 Å². The molecule has 1 aromatic rings. The van der Waals surface area contributed by atoms with Crippen molar-refractivity contribution in [3.8, 4) is 0 Å². The fourth-order valence-corrected chi connectivity index (χ4v) is 3.19. The normalized spacial score (nSPS) is 34.1. The van der Waals surface area contributed by atoms with E-state index in [1.54, 1.807) is 18.2 Å². The van der Waals surface area contributed by atoms with Crippen LogP contribution in [-0.2, 0) is 4.74 Å². The fraction of sp³-hybridized carbons (Fsp3) is 0.500. The number of hydrogen-bond donors (Lipinski definition) is 5. The fourth-order valence-electron chi connectivity index (χ4n) is 1.92. The van der Waals surface area contributed by atoms with Gasteiger partial charge in [-0.3, -0.25) is 0 Å². The van der Waals surface area contributed by atoms with E-state index < -0.39 is 36.5 Å². The molecule has 6 N–H and O–H groups in total. The van der Waals surface area contributed by atoms with Crippen LogP contribution in [0.25, 0.3) is 0 Å². The van der Waals surface area contributed by atoms with Gasteiger partial charge in [0.1, 0.15) is 29.9 Å². The van der Waals surface area contributed by atoms with E-state index in [0.29, 0.717) is 15.6 Å². The van der Waals surface area contributed by atoms with E-state index in [1.165, 1.54) is 0 Å². The van der Waals surface area contributed by atoms with Gasteiger partial charge in [-0.2, -0.15) is 0 Å². The highest BCUT2D eigenvalue weighted by molar-refractivity contribution is 8.00. The Balaban J connectivity index is 2.15. The zero-order chi connectivity index (χ0) is 14.9. The SMILES string of the molecule is Nc1cc(Cl)ccc1SC1OC(CO)C(O)C(O)C1O. The number of aliphatic hydroxyl groups is 4. The van der Waals surface area contributed by atoms with E-state index in [9.17, 15) is 15.3 Å². The van der Waals surface area contributed by atoms with Gasteiger partial charge in [-0.1, -0.05) is 23.4 Å². The maximum atomic E-state index is 9.92. The second kappa shape index (κ2) is 6.48. The summed E-state index contributed by atoms with van der Waals surface area (Å²) in [7, 11) is 0. The van der Waals surface area contributed by atoms with Crippen LogP contribution in [0.1, 0.15) is 0 Å². The first kappa shape index (κ1) is 15.8. The van der Waals surface area contributed by atoms with E-state index in [2.05, 4.69) is 0 Å². The number of nitrogens with two attached hydrogens (primary N) is 1. The van der Waals surface area contributed by atoms with E-state index in [-0.39, 0.29) is 0 Å². The number of aliphatic hydroxyl groups excluding tert-OH is 4. The van der Waals surface area contributed by atoms with Crippen molar-refractivity contribution in [3.05, 3.63) is 23.2 Å². The summed E-state index contributed by atoms with van der Waals surface area (Å²) in [5.41, 5.74) is 5.37. The highest BCUT2D eigenvalue weighted by Gasteiger charge is 2.43. The maximum absolute atomic E-state index is 9.92. The molecule has 0 amide bonds. The third-order valence-electron chi connectivity index (χ3n) is 3.06. The highest BCUT2D eigenvalue weighted by atomic mass is 35.5. The van der Waals surface area contributed by atoms with E-state index in [4.69, 9.17) is 27.2 Å². The van der Waals surface area contributed by atoms with E-state index >= 15 is 0 Å². The van der Waals surface area contributed by atoms with E-state index in [0.717, 1.165) is 11.8 Å². The Kier molecular flexibility index (Phi) is 5.14. The molecule has 0 radical (unpaired) electrons. The molecule has 6 nitrogen and oxygen atoms in total. The third kappa shape index (κ3) is 3.20. The van der Waals surface area contributed by atoms with Gasteiger partial charge >= 0.3 is 0 Å². The number of rotatable bonds is 3. The van der Waals surface area contributed by atoms with Gasteiger partial charge in [-0.15, -0.1) is 0 Å². The van der Waals surface area contributed by atoms with Gasteiger partial charge in [-0.25, -0.2) is 0 Å². The third-order valence-corrected chi connectivity index (χ3v) is 4.55. The average Bonchev–Trinajstić information content (AvgIpc) is 2.42. The molecule has 5 atom stereocenters. The molecule has 2 rings (SSSR count). The van der Waals surface area contributed by atoms with Crippen LogP contribution in [0.3, 0.4) is 0 Å². The average molecular weight is 322 g/mol. The number of thioether (sulfide) groups is 1. The molecule has 1 saturated heterocycles. The van der Waals surface area contributed by atoms with Crippen molar-refractivity contribution in [1.29, 1.82) is 0 Å².